The van der Waals surface area contributed by atoms with E-state index in [0.717, 1.165) is 17.0 Å². The van der Waals surface area contributed by atoms with E-state index in [4.69, 9.17) is 4.74 Å². The molecule has 1 atom stereocenters. The van der Waals surface area contributed by atoms with Crippen molar-refractivity contribution in [1.82, 2.24) is 15.2 Å². The monoisotopic (exact) mass is 335 g/mol. The topological polar surface area (TPSA) is 72.0 Å². The molecule has 0 aliphatic rings. The fraction of sp³-hybridized carbons (Fsp3) is 0.211. The Kier molecular flexibility index (Phi) is 5.41. The summed E-state index contributed by atoms with van der Waals surface area (Å²) in [7, 11) is 0. The second-order valence-corrected chi connectivity index (χ2v) is 5.52. The summed E-state index contributed by atoms with van der Waals surface area (Å²) in [6.45, 7) is 4.67. The smallest absolute Gasteiger partial charge is 0.245 e. The maximum absolute atomic E-state index is 5.44. The van der Waals surface area contributed by atoms with E-state index in [1.54, 1.807) is 6.20 Å². The van der Waals surface area contributed by atoms with Gasteiger partial charge < -0.3 is 15.4 Å². The summed E-state index contributed by atoms with van der Waals surface area (Å²) in [5, 5.41) is 14.5. The number of hydrogen-bond donors (Lipinski definition) is 2. The number of hydrogen-bond acceptors (Lipinski definition) is 6. The van der Waals surface area contributed by atoms with Crippen LogP contribution in [-0.4, -0.2) is 21.8 Å². The molecule has 0 aliphatic heterocycles. The van der Waals surface area contributed by atoms with Gasteiger partial charge in [0.2, 0.25) is 5.95 Å². The molecule has 1 heterocycles. The van der Waals surface area contributed by atoms with Crippen LogP contribution in [0.25, 0.3) is 0 Å². The van der Waals surface area contributed by atoms with Crippen LogP contribution in [0.3, 0.4) is 0 Å². The van der Waals surface area contributed by atoms with Crippen LogP contribution in [-0.2, 0) is 0 Å². The number of ether oxygens (including phenoxy) is 1. The van der Waals surface area contributed by atoms with Crippen molar-refractivity contribution in [2.75, 3.05) is 17.2 Å². The van der Waals surface area contributed by atoms with Gasteiger partial charge in [0.05, 0.1) is 18.8 Å². The van der Waals surface area contributed by atoms with Gasteiger partial charge in [-0.3, -0.25) is 0 Å². The summed E-state index contributed by atoms with van der Waals surface area (Å²) >= 11 is 0. The molecule has 6 nitrogen and oxygen atoms in total. The molecule has 25 heavy (non-hydrogen) atoms. The standard InChI is InChI=1S/C19H21N5O/c1-3-25-17-11-9-16(10-12-17)22-18-13-20-24-19(23-18)21-14(2)15-7-5-4-6-8-15/h4-14H,3H2,1-2H3,(H2,21,22,23,24). The van der Waals surface area contributed by atoms with Gasteiger partial charge in [-0.2, -0.15) is 10.1 Å². The average molecular weight is 335 g/mol. The van der Waals surface area contributed by atoms with E-state index >= 15 is 0 Å². The van der Waals surface area contributed by atoms with Gasteiger partial charge in [-0.25, -0.2) is 0 Å². The molecule has 6 heteroatoms. The predicted octanol–water partition coefficient (Wildman–Crippen LogP) is 4.19. The largest absolute Gasteiger partial charge is 0.494 e. The zero-order chi connectivity index (χ0) is 17.5. The fourth-order valence-electron chi connectivity index (χ4n) is 2.39. The first-order valence-corrected chi connectivity index (χ1v) is 8.25. The SMILES string of the molecule is CCOc1ccc(Nc2cnnc(NC(C)c3ccccc3)n2)cc1. The van der Waals surface area contributed by atoms with Crippen LogP contribution < -0.4 is 15.4 Å². The molecule has 1 aromatic heterocycles. The Bertz CT molecular complexity index is 792. The van der Waals surface area contributed by atoms with Crippen molar-refractivity contribution in [3.05, 3.63) is 66.4 Å². The third-order valence-electron chi connectivity index (χ3n) is 3.64. The molecule has 1 unspecified atom stereocenters. The minimum absolute atomic E-state index is 0.0868. The first-order valence-electron chi connectivity index (χ1n) is 8.25. The van der Waals surface area contributed by atoms with Gasteiger partial charge in [0.15, 0.2) is 5.82 Å². The Balaban J connectivity index is 1.67. The fourth-order valence-corrected chi connectivity index (χ4v) is 2.39. The number of rotatable bonds is 7. The lowest BCUT2D eigenvalue weighted by atomic mass is 10.1. The highest BCUT2D eigenvalue weighted by molar-refractivity contribution is 5.57. The average Bonchev–Trinajstić information content (AvgIpc) is 2.65. The summed E-state index contributed by atoms with van der Waals surface area (Å²) < 4.78 is 5.44. The number of nitrogens with zero attached hydrogens (tertiary/aromatic N) is 3. The maximum Gasteiger partial charge on any atom is 0.245 e. The van der Waals surface area contributed by atoms with E-state index in [9.17, 15) is 0 Å². The van der Waals surface area contributed by atoms with E-state index in [2.05, 4.69) is 44.9 Å². The third-order valence-corrected chi connectivity index (χ3v) is 3.64. The molecule has 0 spiro atoms. The molecule has 0 saturated carbocycles. The first-order chi connectivity index (χ1) is 12.2. The Morgan fingerprint density at radius 1 is 1.04 bits per heavy atom. The summed E-state index contributed by atoms with van der Waals surface area (Å²) in [6, 6.07) is 17.9. The number of benzene rings is 2. The minimum atomic E-state index is 0.0868. The number of nitrogens with one attached hydrogen (secondary N) is 2. The second-order valence-electron chi connectivity index (χ2n) is 5.52. The van der Waals surface area contributed by atoms with Gasteiger partial charge in [0, 0.05) is 5.69 Å². The van der Waals surface area contributed by atoms with Gasteiger partial charge in [0.25, 0.3) is 0 Å². The van der Waals surface area contributed by atoms with Crippen molar-refractivity contribution in [1.29, 1.82) is 0 Å². The predicted molar refractivity (Wildman–Crippen MR) is 99.2 cm³/mol. The lowest BCUT2D eigenvalue weighted by molar-refractivity contribution is 0.340. The highest BCUT2D eigenvalue weighted by Gasteiger charge is 2.08. The third kappa shape index (κ3) is 4.67. The highest BCUT2D eigenvalue weighted by Crippen LogP contribution is 2.20. The quantitative estimate of drug-likeness (QED) is 0.674. The summed E-state index contributed by atoms with van der Waals surface area (Å²) in [5.41, 5.74) is 2.07. The molecular weight excluding hydrogens is 314 g/mol. The molecule has 0 saturated heterocycles. The minimum Gasteiger partial charge on any atom is -0.494 e. The van der Waals surface area contributed by atoms with E-state index in [1.165, 1.54) is 0 Å². The summed E-state index contributed by atoms with van der Waals surface area (Å²) in [6.07, 6.45) is 1.59. The van der Waals surface area contributed by atoms with Gasteiger partial charge in [-0.15, -0.1) is 5.10 Å². The zero-order valence-corrected chi connectivity index (χ0v) is 14.3. The van der Waals surface area contributed by atoms with Crippen molar-refractivity contribution in [2.24, 2.45) is 0 Å². The van der Waals surface area contributed by atoms with Gasteiger partial charge in [-0.1, -0.05) is 30.3 Å². The van der Waals surface area contributed by atoms with Crippen molar-refractivity contribution in [3.8, 4) is 5.75 Å². The normalized spacial score (nSPS) is 11.6. The number of aromatic nitrogens is 3. The van der Waals surface area contributed by atoms with Crippen LogP contribution in [0.4, 0.5) is 17.5 Å². The molecule has 0 bridgehead atoms. The van der Waals surface area contributed by atoms with E-state index in [0.29, 0.717) is 18.4 Å². The maximum atomic E-state index is 5.44. The van der Waals surface area contributed by atoms with Crippen molar-refractivity contribution in [3.63, 3.8) is 0 Å². The van der Waals surface area contributed by atoms with E-state index in [-0.39, 0.29) is 6.04 Å². The molecule has 2 aromatic carbocycles. The molecular formula is C19H21N5O. The molecule has 0 fully saturated rings. The van der Waals surface area contributed by atoms with Crippen LogP contribution in [0, 0.1) is 0 Å². The molecule has 3 aromatic rings. The van der Waals surface area contributed by atoms with Crippen LogP contribution in [0.15, 0.2) is 60.8 Å². The highest BCUT2D eigenvalue weighted by atomic mass is 16.5. The van der Waals surface area contributed by atoms with Crippen LogP contribution >= 0.6 is 0 Å². The summed E-state index contributed by atoms with van der Waals surface area (Å²) in [5.74, 6) is 1.95. The number of anilines is 3. The molecule has 0 amide bonds. The first kappa shape index (κ1) is 16.7. The van der Waals surface area contributed by atoms with Crippen molar-refractivity contribution >= 4 is 17.5 Å². The van der Waals surface area contributed by atoms with Gasteiger partial charge >= 0.3 is 0 Å². The molecule has 3 rings (SSSR count). The lowest BCUT2D eigenvalue weighted by Gasteiger charge is -2.14. The molecule has 0 radical (unpaired) electrons. The van der Waals surface area contributed by atoms with Crippen molar-refractivity contribution < 1.29 is 4.74 Å². The Hall–Kier alpha value is -3.15. The summed E-state index contributed by atoms with van der Waals surface area (Å²) in [4.78, 5) is 4.47. The lowest BCUT2D eigenvalue weighted by Crippen LogP contribution is -2.10. The van der Waals surface area contributed by atoms with Gasteiger partial charge in [-0.05, 0) is 43.7 Å². The molecule has 2 N–H and O–H groups in total. The molecule has 128 valence electrons. The zero-order valence-electron chi connectivity index (χ0n) is 14.3. The molecule has 0 aliphatic carbocycles. The van der Waals surface area contributed by atoms with Gasteiger partial charge in [0.1, 0.15) is 5.75 Å². The van der Waals surface area contributed by atoms with E-state index in [1.807, 2.05) is 49.4 Å². The van der Waals surface area contributed by atoms with Crippen LogP contribution in [0.2, 0.25) is 0 Å². The Morgan fingerprint density at radius 3 is 2.52 bits per heavy atom. The Labute approximate surface area is 147 Å². The second kappa shape index (κ2) is 8.10. The van der Waals surface area contributed by atoms with Crippen LogP contribution in [0.1, 0.15) is 25.5 Å². The van der Waals surface area contributed by atoms with Crippen LogP contribution in [0.5, 0.6) is 5.75 Å². The van der Waals surface area contributed by atoms with Crippen molar-refractivity contribution in [2.45, 2.75) is 19.9 Å². The van der Waals surface area contributed by atoms with E-state index < -0.39 is 0 Å². The Morgan fingerprint density at radius 2 is 1.80 bits per heavy atom.